The first-order valence-corrected chi connectivity index (χ1v) is 6.81. The number of nitrogens with one attached hydrogen (secondary N) is 1. The van der Waals surface area contributed by atoms with E-state index in [4.69, 9.17) is 9.52 Å². The van der Waals surface area contributed by atoms with Crippen LogP contribution in [-0.2, 0) is 11.3 Å². The summed E-state index contributed by atoms with van der Waals surface area (Å²) in [6.07, 6.45) is -0.0953. The Bertz CT molecular complexity index is 497. The number of aryl methyl sites for hydroxylation is 2. The smallest absolute Gasteiger partial charge is 0.318 e. The molecule has 0 aliphatic heterocycles. The van der Waals surface area contributed by atoms with E-state index in [1.807, 2.05) is 34.6 Å². The number of carboxylic acid groups (broad SMARTS) is 1. The minimum Gasteiger partial charge on any atom is -0.481 e. The number of aliphatic carboxylic acids is 1. The van der Waals surface area contributed by atoms with Crippen LogP contribution in [-0.4, -0.2) is 39.1 Å². The van der Waals surface area contributed by atoms with Crippen LogP contribution in [0.15, 0.2) is 4.42 Å². The van der Waals surface area contributed by atoms with Gasteiger partial charge in [-0.25, -0.2) is 9.78 Å². The third-order valence-corrected chi connectivity index (χ3v) is 3.07. The fourth-order valence-electron chi connectivity index (χ4n) is 1.81. The number of oxazole rings is 1. The number of carbonyl (C=O) groups excluding carboxylic acids is 1. The monoisotopic (exact) mass is 297 g/mol. The molecule has 2 amide bonds. The Kier molecular flexibility index (Phi) is 5.34. The molecular weight excluding hydrogens is 274 g/mol. The van der Waals surface area contributed by atoms with Gasteiger partial charge in [-0.3, -0.25) is 4.79 Å². The van der Waals surface area contributed by atoms with E-state index < -0.39 is 11.5 Å². The first-order valence-electron chi connectivity index (χ1n) is 6.81. The summed E-state index contributed by atoms with van der Waals surface area (Å²) in [6, 6.07) is -0.336. The molecule has 1 heterocycles. The van der Waals surface area contributed by atoms with Crippen LogP contribution in [0.2, 0.25) is 0 Å². The Morgan fingerprint density at radius 1 is 1.33 bits per heavy atom. The molecule has 21 heavy (non-hydrogen) atoms. The molecular formula is C14H23N3O4. The van der Waals surface area contributed by atoms with Gasteiger partial charge in [-0.1, -0.05) is 0 Å². The van der Waals surface area contributed by atoms with E-state index in [1.165, 1.54) is 4.90 Å². The molecule has 2 N–H and O–H groups in total. The van der Waals surface area contributed by atoms with Crippen molar-refractivity contribution >= 4 is 12.0 Å². The highest BCUT2D eigenvalue weighted by molar-refractivity contribution is 5.76. The standard InChI is InChI=1S/C14H23N3O4/c1-9-10(2)21-11(16-9)8-15-13(20)17(14(3,4)5)7-6-12(18)19/h6-8H2,1-5H3,(H,15,20)(H,18,19). The summed E-state index contributed by atoms with van der Waals surface area (Å²) in [5.74, 6) is 0.222. The van der Waals surface area contributed by atoms with E-state index in [2.05, 4.69) is 10.3 Å². The molecule has 0 bridgehead atoms. The lowest BCUT2D eigenvalue weighted by Crippen LogP contribution is -2.51. The number of aromatic nitrogens is 1. The van der Waals surface area contributed by atoms with Gasteiger partial charge in [-0.05, 0) is 34.6 Å². The van der Waals surface area contributed by atoms with Crippen LogP contribution in [0.1, 0.15) is 44.5 Å². The number of hydrogen-bond acceptors (Lipinski definition) is 4. The first-order chi connectivity index (χ1) is 9.61. The van der Waals surface area contributed by atoms with Gasteiger partial charge in [0.1, 0.15) is 5.76 Å². The molecule has 7 heteroatoms. The van der Waals surface area contributed by atoms with Crippen LogP contribution in [0.5, 0.6) is 0 Å². The molecule has 0 saturated carbocycles. The largest absolute Gasteiger partial charge is 0.481 e. The van der Waals surface area contributed by atoms with Gasteiger partial charge < -0.3 is 19.7 Å². The predicted octanol–water partition coefficient (Wildman–Crippen LogP) is 2.08. The van der Waals surface area contributed by atoms with Gasteiger partial charge in [0, 0.05) is 12.1 Å². The molecule has 118 valence electrons. The Labute approximate surface area is 124 Å². The molecule has 0 radical (unpaired) electrons. The SMILES string of the molecule is Cc1nc(CNC(=O)N(CCC(=O)O)C(C)(C)C)oc1C. The van der Waals surface area contributed by atoms with Crippen LogP contribution in [0.3, 0.4) is 0 Å². The van der Waals surface area contributed by atoms with E-state index in [0.717, 1.165) is 11.5 Å². The highest BCUT2D eigenvalue weighted by atomic mass is 16.4. The van der Waals surface area contributed by atoms with Crippen LogP contribution in [0, 0.1) is 13.8 Å². The van der Waals surface area contributed by atoms with Crippen molar-refractivity contribution < 1.29 is 19.1 Å². The van der Waals surface area contributed by atoms with Crippen LogP contribution in [0.4, 0.5) is 4.79 Å². The number of hydrogen-bond donors (Lipinski definition) is 2. The second-order valence-electron chi connectivity index (χ2n) is 5.87. The third kappa shape index (κ3) is 5.09. The van der Waals surface area contributed by atoms with Crippen molar-refractivity contribution in [2.75, 3.05) is 6.54 Å². The average molecular weight is 297 g/mol. The summed E-state index contributed by atoms with van der Waals surface area (Å²) < 4.78 is 5.39. The molecule has 0 fully saturated rings. The second kappa shape index (κ2) is 6.60. The van der Waals surface area contributed by atoms with E-state index in [-0.39, 0.29) is 25.5 Å². The van der Waals surface area contributed by atoms with Gasteiger partial charge >= 0.3 is 12.0 Å². The van der Waals surface area contributed by atoms with Gasteiger partial charge in [0.2, 0.25) is 5.89 Å². The van der Waals surface area contributed by atoms with E-state index in [9.17, 15) is 9.59 Å². The number of carboxylic acids is 1. The number of carbonyl (C=O) groups is 2. The minimum atomic E-state index is -0.934. The highest BCUT2D eigenvalue weighted by Crippen LogP contribution is 2.14. The van der Waals surface area contributed by atoms with E-state index in [1.54, 1.807) is 0 Å². The topological polar surface area (TPSA) is 95.7 Å². The fourth-order valence-corrected chi connectivity index (χ4v) is 1.81. The summed E-state index contributed by atoms with van der Waals surface area (Å²) in [6.45, 7) is 9.53. The van der Waals surface area contributed by atoms with Gasteiger partial charge in [-0.2, -0.15) is 0 Å². The second-order valence-corrected chi connectivity index (χ2v) is 5.87. The van der Waals surface area contributed by atoms with Crippen molar-refractivity contribution in [2.24, 2.45) is 0 Å². The Morgan fingerprint density at radius 3 is 2.38 bits per heavy atom. The maximum absolute atomic E-state index is 12.2. The summed E-state index contributed by atoms with van der Waals surface area (Å²) in [5, 5.41) is 11.5. The molecule has 0 unspecified atom stereocenters. The first kappa shape index (κ1) is 17.0. The zero-order chi connectivity index (χ0) is 16.2. The molecule has 0 atom stereocenters. The molecule has 1 aromatic rings. The van der Waals surface area contributed by atoms with Crippen molar-refractivity contribution in [2.45, 2.75) is 53.1 Å². The lowest BCUT2D eigenvalue weighted by molar-refractivity contribution is -0.137. The van der Waals surface area contributed by atoms with Crippen molar-refractivity contribution in [1.82, 2.24) is 15.2 Å². The van der Waals surface area contributed by atoms with Gasteiger partial charge in [0.15, 0.2) is 0 Å². The molecule has 0 aromatic carbocycles. The van der Waals surface area contributed by atoms with E-state index in [0.29, 0.717) is 5.89 Å². The summed E-state index contributed by atoms with van der Waals surface area (Å²) in [5.41, 5.74) is 0.319. The number of amides is 2. The predicted molar refractivity (Wildman–Crippen MR) is 76.9 cm³/mol. The molecule has 7 nitrogen and oxygen atoms in total. The highest BCUT2D eigenvalue weighted by Gasteiger charge is 2.26. The normalized spacial score (nSPS) is 11.3. The number of nitrogens with zero attached hydrogens (tertiary/aromatic N) is 2. The summed E-state index contributed by atoms with van der Waals surface area (Å²) in [4.78, 5) is 28.6. The fraction of sp³-hybridized carbons (Fsp3) is 0.643. The van der Waals surface area contributed by atoms with Crippen molar-refractivity contribution in [1.29, 1.82) is 0 Å². The minimum absolute atomic E-state index is 0.0953. The Balaban J connectivity index is 2.65. The van der Waals surface area contributed by atoms with Crippen LogP contribution < -0.4 is 5.32 Å². The molecule has 0 aliphatic rings. The molecule has 1 rings (SSSR count). The zero-order valence-corrected chi connectivity index (χ0v) is 13.2. The molecule has 0 spiro atoms. The summed E-state index contributed by atoms with van der Waals surface area (Å²) >= 11 is 0. The maximum Gasteiger partial charge on any atom is 0.318 e. The van der Waals surface area contributed by atoms with Gasteiger partial charge in [-0.15, -0.1) is 0 Å². The summed E-state index contributed by atoms with van der Waals surface area (Å²) in [7, 11) is 0. The maximum atomic E-state index is 12.2. The Morgan fingerprint density at radius 2 is 1.95 bits per heavy atom. The zero-order valence-electron chi connectivity index (χ0n) is 13.2. The molecule has 0 aliphatic carbocycles. The molecule has 0 saturated heterocycles. The number of urea groups is 1. The van der Waals surface area contributed by atoms with Gasteiger partial charge in [0.05, 0.1) is 18.7 Å². The molecule has 1 aromatic heterocycles. The lowest BCUT2D eigenvalue weighted by atomic mass is 10.1. The third-order valence-electron chi connectivity index (χ3n) is 3.07. The number of rotatable bonds is 5. The van der Waals surface area contributed by atoms with Crippen LogP contribution in [0.25, 0.3) is 0 Å². The average Bonchev–Trinajstić information content (AvgIpc) is 2.64. The van der Waals surface area contributed by atoms with Crippen molar-refractivity contribution in [3.63, 3.8) is 0 Å². The quantitative estimate of drug-likeness (QED) is 0.867. The van der Waals surface area contributed by atoms with Crippen molar-refractivity contribution in [3.8, 4) is 0 Å². The van der Waals surface area contributed by atoms with Gasteiger partial charge in [0.25, 0.3) is 0 Å². The van der Waals surface area contributed by atoms with Crippen molar-refractivity contribution in [3.05, 3.63) is 17.3 Å². The van der Waals surface area contributed by atoms with Crippen LogP contribution >= 0.6 is 0 Å². The van der Waals surface area contributed by atoms with E-state index >= 15 is 0 Å². The lowest BCUT2D eigenvalue weighted by Gasteiger charge is -2.35. The Hall–Kier alpha value is -2.05.